The number of nitrogens with one attached hydrogen (secondary N) is 1. The van der Waals surface area contributed by atoms with Gasteiger partial charge in [-0.1, -0.05) is 6.07 Å². The first-order valence-electron chi connectivity index (χ1n) is 9.96. The molecule has 8 nitrogen and oxygen atoms in total. The fourth-order valence-corrected chi connectivity index (χ4v) is 6.65. The molecule has 2 aliphatic rings. The molecule has 0 spiro atoms. The van der Waals surface area contributed by atoms with E-state index in [1.54, 1.807) is 0 Å². The fraction of sp³-hybridized carbons (Fsp3) is 0.500. The van der Waals surface area contributed by atoms with Crippen LogP contribution < -0.4 is 10.5 Å². The van der Waals surface area contributed by atoms with Crippen LogP contribution >= 0.6 is 11.3 Å². The SMILES string of the molecule is CC(C)(O)c1nc(CO)c([S@](N)(=O)=NC(=O)Nc2c3c(cc4c2CCC4)CCC3)s1. The van der Waals surface area contributed by atoms with Crippen LogP contribution in [0.2, 0.25) is 0 Å². The summed E-state index contributed by atoms with van der Waals surface area (Å²) in [6.07, 6.45) is 5.88. The molecule has 1 aromatic heterocycles. The lowest BCUT2D eigenvalue weighted by Crippen LogP contribution is -2.19. The highest BCUT2D eigenvalue weighted by molar-refractivity contribution is 7.93. The van der Waals surface area contributed by atoms with E-state index in [2.05, 4.69) is 20.7 Å². The molecule has 0 unspecified atom stereocenters. The summed E-state index contributed by atoms with van der Waals surface area (Å²) in [5.41, 5.74) is 4.36. The highest BCUT2D eigenvalue weighted by Crippen LogP contribution is 2.39. The maximum atomic E-state index is 13.1. The topological polar surface area (TPSA) is 138 Å². The molecule has 30 heavy (non-hydrogen) atoms. The largest absolute Gasteiger partial charge is 0.390 e. The van der Waals surface area contributed by atoms with Gasteiger partial charge in [0.1, 0.15) is 14.8 Å². The van der Waals surface area contributed by atoms with Crippen molar-refractivity contribution in [1.82, 2.24) is 4.98 Å². The second-order valence-electron chi connectivity index (χ2n) is 8.29. The minimum absolute atomic E-state index is 0.000736. The zero-order chi connectivity index (χ0) is 21.7. The standard InChI is InChI=1S/C20H26N4O4S2/c1-20(2,27)18-22-15(10-25)17(29-18)30(21,28)24-19(26)23-16-13-7-3-5-11(13)9-12-6-4-8-14(12)16/h9,25,27H,3-8,10H2,1-2H3,(H3,21,23,24,26,28)/t30-/m1/s1. The summed E-state index contributed by atoms with van der Waals surface area (Å²) in [6.45, 7) is 2.53. The van der Waals surface area contributed by atoms with Gasteiger partial charge in [0.05, 0.1) is 12.3 Å². The van der Waals surface area contributed by atoms with E-state index in [1.165, 1.54) is 25.0 Å². The summed E-state index contributed by atoms with van der Waals surface area (Å²) in [7, 11) is -3.64. The number of rotatable bonds is 4. The van der Waals surface area contributed by atoms with Crippen molar-refractivity contribution in [3.63, 3.8) is 0 Å². The Morgan fingerprint density at radius 1 is 1.27 bits per heavy atom. The van der Waals surface area contributed by atoms with Gasteiger partial charge in [-0.05, 0) is 74.6 Å². The van der Waals surface area contributed by atoms with Gasteiger partial charge in [0.15, 0.2) is 9.92 Å². The molecule has 0 aliphatic heterocycles. The average molecular weight is 451 g/mol. The highest BCUT2D eigenvalue weighted by atomic mass is 32.2. The number of thiazole rings is 1. The van der Waals surface area contributed by atoms with E-state index in [1.807, 2.05) is 0 Å². The molecule has 4 rings (SSSR count). The van der Waals surface area contributed by atoms with Crippen molar-refractivity contribution in [2.45, 2.75) is 68.8 Å². The van der Waals surface area contributed by atoms with Crippen molar-refractivity contribution in [2.75, 3.05) is 5.32 Å². The lowest BCUT2D eigenvalue weighted by Gasteiger charge is -2.15. The van der Waals surface area contributed by atoms with Crippen molar-refractivity contribution < 1.29 is 19.2 Å². The molecule has 2 aliphatic carbocycles. The number of anilines is 1. The second-order valence-corrected chi connectivity index (χ2v) is 11.3. The molecule has 0 fully saturated rings. The summed E-state index contributed by atoms with van der Waals surface area (Å²) < 4.78 is 16.9. The Bertz CT molecular complexity index is 1110. The first kappa shape index (κ1) is 21.4. The van der Waals surface area contributed by atoms with Crippen molar-refractivity contribution in [1.29, 1.82) is 0 Å². The number of aliphatic hydroxyl groups is 2. The zero-order valence-corrected chi connectivity index (χ0v) is 18.7. The number of carbonyl (C=O) groups is 1. The van der Waals surface area contributed by atoms with Crippen LogP contribution in [-0.2, 0) is 47.8 Å². The van der Waals surface area contributed by atoms with Crippen molar-refractivity contribution in [3.05, 3.63) is 39.0 Å². The zero-order valence-electron chi connectivity index (χ0n) is 17.0. The van der Waals surface area contributed by atoms with Crippen LogP contribution in [0.3, 0.4) is 0 Å². The number of carbonyl (C=O) groups excluding carboxylic acids is 1. The first-order valence-corrected chi connectivity index (χ1v) is 12.4. The molecule has 1 aromatic carbocycles. The third-order valence-electron chi connectivity index (χ3n) is 5.52. The van der Waals surface area contributed by atoms with Crippen LogP contribution in [-0.4, -0.2) is 25.4 Å². The lowest BCUT2D eigenvalue weighted by molar-refractivity contribution is 0.0779. The van der Waals surface area contributed by atoms with Gasteiger partial charge >= 0.3 is 6.03 Å². The third kappa shape index (κ3) is 3.90. The van der Waals surface area contributed by atoms with Gasteiger partial charge < -0.3 is 15.5 Å². The summed E-state index contributed by atoms with van der Waals surface area (Å²) in [5, 5.41) is 28.8. The van der Waals surface area contributed by atoms with E-state index >= 15 is 0 Å². The lowest BCUT2D eigenvalue weighted by atomic mass is 9.99. The summed E-state index contributed by atoms with van der Waals surface area (Å²) in [5.74, 6) is 0. The molecule has 1 heterocycles. The molecule has 0 saturated heterocycles. The maximum Gasteiger partial charge on any atom is 0.354 e. The van der Waals surface area contributed by atoms with E-state index < -0.39 is 28.2 Å². The van der Waals surface area contributed by atoms with E-state index in [9.17, 15) is 19.2 Å². The number of benzene rings is 1. The van der Waals surface area contributed by atoms with Crippen molar-refractivity contribution >= 4 is 33.0 Å². The number of urea groups is 1. The Morgan fingerprint density at radius 2 is 1.87 bits per heavy atom. The van der Waals surface area contributed by atoms with Gasteiger partial charge in [-0.3, -0.25) is 0 Å². The number of fused-ring (bicyclic) bond motifs is 2. The molecule has 0 saturated carbocycles. The monoisotopic (exact) mass is 450 g/mol. The highest BCUT2D eigenvalue weighted by Gasteiger charge is 2.28. The number of aliphatic hydroxyl groups excluding tert-OH is 1. The predicted octanol–water partition coefficient (Wildman–Crippen LogP) is 2.77. The average Bonchev–Trinajstić information content (AvgIpc) is 3.38. The number of hydrogen-bond acceptors (Lipinski definition) is 6. The Labute approximate surface area is 179 Å². The molecule has 162 valence electrons. The Balaban J connectivity index is 1.69. The van der Waals surface area contributed by atoms with Gasteiger partial charge in [-0.15, -0.1) is 15.7 Å². The normalized spacial score (nSPS) is 17.4. The van der Waals surface area contributed by atoms with Gasteiger partial charge in [0.25, 0.3) is 0 Å². The van der Waals surface area contributed by atoms with Crippen molar-refractivity contribution in [2.24, 2.45) is 9.50 Å². The van der Waals surface area contributed by atoms with E-state index in [4.69, 9.17) is 5.14 Å². The van der Waals surface area contributed by atoms with Gasteiger partial charge in [0.2, 0.25) is 0 Å². The molecule has 1 atom stereocenters. The first-order chi connectivity index (χ1) is 14.1. The van der Waals surface area contributed by atoms with Crippen LogP contribution in [0.1, 0.15) is 59.6 Å². The van der Waals surface area contributed by atoms with Crippen molar-refractivity contribution in [3.8, 4) is 0 Å². The van der Waals surface area contributed by atoms with Crippen LogP contribution in [0, 0.1) is 0 Å². The molecular weight excluding hydrogens is 424 g/mol. The van der Waals surface area contributed by atoms with E-state index in [-0.39, 0.29) is 14.9 Å². The van der Waals surface area contributed by atoms with Gasteiger partial charge in [-0.2, -0.15) is 0 Å². The molecule has 2 aromatic rings. The molecule has 0 bridgehead atoms. The Morgan fingerprint density at radius 3 is 2.40 bits per heavy atom. The van der Waals surface area contributed by atoms with Gasteiger partial charge in [0, 0.05) is 5.69 Å². The molecule has 2 amide bonds. The number of nitrogens with zero attached hydrogens (tertiary/aromatic N) is 2. The smallest absolute Gasteiger partial charge is 0.354 e. The summed E-state index contributed by atoms with van der Waals surface area (Å²) in [4.78, 5) is 16.9. The van der Waals surface area contributed by atoms with Crippen LogP contribution in [0.5, 0.6) is 0 Å². The number of aromatic nitrogens is 1. The van der Waals surface area contributed by atoms with Crippen LogP contribution in [0.15, 0.2) is 14.6 Å². The second kappa shape index (κ2) is 7.69. The molecule has 0 radical (unpaired) electrons. The van der Waals surface area contributed by atoms with E-state index in [0.717, 1.165) is 66.7 Å². The maximum absolute atomic E-state index is 13.1. The van der Waals surface area contributed by atoms with E-state index in [0.29, 0.717) is 0 Å². The predicted molar refractivity (Wildman–Crippen MR) is 116 cm³/mol. The molecular formula is C20H26N4O4S2. The number of nitrogens with two attached hydrogens (primary N) is 1. The minimum Gasteiger partial charge on any atom is -0.390 e. The summed E-state index contributed by atoms with van der Waals surface area (Å²) in [6, 6.07) is 1.48. The third-order valence-corrected chi connectivity index (χ3v) is 8.90. The fourth-order valence-electron chi connectivity index (χ4n) is 4.19. The van der Waals surface area contributed by atoms with Crippen LogP contribution in [0.25, 0.3) is 0 Å². The minimum atomic E-state index is -3.64. The number of aryl methyl sites for hydroxylation is 2. The molecule has 10 heteroatoms. The van der Waals surface area contributed by atoms with Crippen LogP contribution in [0.4, 0.5) is 10.5 Å². The van der Waals surface area contributed by atoms with Gasteiger partial charge in [-0.25, -0.2) is 19.1 Å². The number of hydrogen-bond donors (Lipinski definition) is 4. The Hall–Kier alpha value is -1.85. The Kier molecular flexibility index (Phi) is 5.48. The quantitative estimate of drug-likeness (QED) is 0.567. The summed E-state index contributed by atoms with van der Waals surface area (Å²) >= 11 is 0.891. The number of amides is 2. The molecule has 5 N–H and O–H groups in total.